The summed E-state index contributed by atoms with van der Waals surface area (Å²) in [6.07, 6.45) is 1.29. The lowest BCUT2D eigenvalue weighted by atomic mass is 9.99. The maximum atomic E-state index is 13.0. The third kappa shape index (κ3) is 6.21. The van der Waals surface area contributed by atoms with Crippen molar-refractivity contribution in [1.82, 2.24) is 9.80 Å². The summed E-state index contributed by atoms with van der Waals surface area (Å²) in [5, 5.41) is 15.3. The van der Waals surface area contributed by atoms with Crippen molar-refractivity contribution in [3.8, 4) is 17.2 Å². The van der Waals surface area contributed by atoms with E-state index in [0.29, 0.717) is 49.0 Å². The predicted octanol–water partition coefficient (Wildman–Crippen LogP) is 2.37. The van der Waals surface area contributed by atoms with Crippen LogP contribution in [0, 0.1) is 10.8 Å². The molecular formula is C27H36N6O5. The maximum Gasteiger partial charge on any atom is 0.352 e. The van der Waals surface area contributed by atoms with E-state index in [1.54, 1.807) is 31.1 Å². The van der Waals surface area contributed by atoms with Gasteiger partial charge in [-0.2, -0.15) is 0 Å². The molecule has 1 unspecified atom stereocenters. The number of nitrogens with two attached hydrogens (primary N) is 2. The molecule has 2 aromatic carbocycles. The summed E-state index contributed by atoms with van der Waals surface area (Å²) >= 11 is 0. The van der Waals surface area contributed by atoms with Crippen LogP contribution in [-0.2, 0) is 22.5 Å². The second kappa shape index (κ2) is 11.9. The number of rotatable bonds is 8. The largest absolute Gasteiger partial charge is 0.493 e. The minimum atomic E-state index is -1.01. The van der Waals surface area contributed by atoms with E-state index >= 15 is 0 Å². The van der Waals surface area contributed by atoms with Crippen LogP contribution in [0.2, 0.25) is 0 Å². The van der Waals surface area contributed by atoms with Gasteiger partial charge >= 0.3 is 5.97 Å². The van der Waals surface area contributed by atoms with Gasteiger partial charge in [0, 0.05) is 44.6 Å². The summed E-state index contributed by atoms with van der Waals surface area (Å²) in [4.78, 5) is 16.6. The van der Waals surface area contributed by atoms with Crippen LogP contribution in [0.3, 0.4) is 0 Å². The molecule has 2 aromatic rings. The van der Waals surface area contributed by atoms with Crippen LogP contribution in [0.4, 0.5) is 0 Å². The fraction of sp³-hybridized carbons (Fsp3) is 0.444. The molecule has 11 nitrogen and oxygen atoms in total. The van der Waals surface area contributed by atoms with Crippen molar-refractivity contribution in [2.75, 3.05) is 33.4 Å². The molecule has 0 spiro atoms. The normalized spacial score (nSPS) is 16.3. The van der Waals surface area contributed by atoms with Crippen LogP contribution in [0.25, 0.3) is 0 Å². The zero-order chi connectivity index (χ0) is 27.2. The Hall–Kier alpha value is -4.15. The van der Waals surface area contributed by atoms with Gasteiger partial charge in [-0.1, -0.05) is 12.1 Å². The molecule has 2 aliphatic heterocycles. The molecule has 0 aliphatic carbocycles. The first-order valence-corrected chi connectivity index (χ1v) is 12.8. The monoisotopic (exact) mass is 524 g/mol. The van der Waals surface area contributed by atoms with E-state index in [1.807, 2.05) is 29.2 Å². The van der Waals surface area contributed by atoms with E-state index in [2.05, 4.69) is 0 Å². The number of nitrogens with one attached hydrogen (secondary N) is 2. The molecule has 4 rings (SSSR count). The van der Waals surface area contributed by atoms with Crippen molar-refractivity contribution in [3.63, 3.8) is 0 Å². The average Bonchev–Trinajstić information content (AvgIpc) is 2.91. The minimum Gasteiger partial charge on any atom is -0.493 e. The van der Waals surface area contributed by atoms with E-state index < -0.39 is 12.1 Å². The number of guanidine groups is 2. The maximum absolute atomic E-state index is 13.0. The second-order valence-electron chi connectivity index (χ2n) is 9.34. The highest BCUT2D eigenvalue weighted by atomic mass is 16.6. The summed E-state index contributed by atoms with van der Waals surface area (Å²) in [7, 11) is 1.56. The third-order valence-corrected chi connectivity index (χ3v) is 6.85. The zero-order valence-corrected chi connectivity index (χ0v) is 21.9. The number of hydrogen-bond donors (Lipinski definition) is 4. The van der Waals surface area contributed by atoms with Crippen LogP contribution in [0.5, 0.6) is 17.2 Å². The van der Waals surface area contributed by atoms with Gasteiger partial charge in [-0.15, -0.1) is 0 Å². The molecule has 1 fully saturated rings. The van der Waals surface area contributed by atoms with Gasteiger partial charge in [0.25, 0.3) is 0 Å². The summed E-state index contributed by atoms with van der Waals surface area (Å²) in [5.41, 5.74) is 14.0. The Balaban J connectivity index is 1.52. The Morgan fingerprint density at radius 2 is 1.66 bits per heavy atom. The topological polar surface area (TPSA) is 160 Å². The predicted molar refractivity (Wildman–Crippen MR) is 143 cm³/mol. The highest BCUT2D eigenvalue weighted by Crippen LogP contribution is 2.37. The Bertz CT molecular complexity index is 1160. The van der Waals surface area contributed by atoms with Gasteiger partial charge in [-0.25, -0.2) is 4.79 Å². The lowest BCUT2D eigenvalue weighted by molar-refractivity contribution is -0.151. The van der Waals surface area contributed by atoms with E-state index in [4.69, 9.17) is 41.2 Å². The average molecular weight is 525 g/mol. The first-order valence-electron chi connectivity index (χ1n) is 12.8. The van der Waals surface area contributed by atoms with Crippen LogP contribution in [-0.4, -0.2) is 67.1 Å². The molecular weight excluding hydrogens is 488 g/mol. The number of esters is 1. The van der Waals surface area contributed by atoms with Gasteiger partial charge in [-0.05, 0) is 48.7 Å². The lowest BCUT2D eigenvalue weighted by Gasteiger charge is -2.32. The zero-order valence-electron chi connectivity index (χ0n) is 21.9. The second-order valence-corrected chi connectivity index (χ2v) is 9.34. The van der Waals surface area contributed by atoms with Crippen LogP contribution >= 0.6 is 0 Å². The smallest absolute Gasteiger partial charge is 0.352 e. The van der Waals surface area contributed by atoms with Gasteiger partial charge in [0.15, 0.2) is 23.4 Å². The van der Waals surface area contributed by atoms with Gasteiger partial charge in [-0.3, -0.25) is 10.8 Å². The standard InChI is InChI=1S/C27H36N6O5/c1-3-36-25(34)24(17-4-6-20(7-5-17)37-21-9-12-32(13-10-21)26(28)29)38-23-15-19-16-33(27(30)31)11-8-18(19)14-22(23)35-2/h4-7,14-15,21,24H,3,8-13,16H2,1-2H3,(H3,28,29)(H3,30,31). The molecule has 2 aliphatic rings. The van der Waals surface area contributed by atoms with Crippen LogP contribution in [0.15, 0.2) is 36.4 Å². The van der Waals surface area contributed by atoms with Gasteiger partial charge < -0.3 is 40.2 Å². The van der Waals surface area contributed by atoms with Crippen molar-refractivity contribution in [3.05, 3.63) is 53.1 Å². The Labute approximate surface area is 222 Å². The fourth-order valence-corrected chi connectivity index (χ4v) is 4.75. The molecule has 0 radical (unpaired) electrons. The molecule has 2 heterocycles. The molecule has 1 saturated heterocycles. The highest BCUT2D eigenvalue weighted by Gasteiger charge is 2.28. The number of nitrogens with zero attached hydrogens (tertiary/aromatic N) is 2. The number of carbonyl (C=O) groups is 1. The number of piperidine rings is 1. The summed E-state index contributed by atoms with van der Waals surface area (Å²) in [5.74, 6) is 1.21. The quantitative estimate of drug-likeness (QED) is 0.231. The van der Waals surface area contributed by atoms with E-state index in [9.17, 15) is 4.79 Å². The molecule has 11 heteroatoms. The molecule has 6 N–H and O–H groups in total. The third-order valence-electron chi connectivity index (χ3n) is 6.85. The number of fused-ring (bicyclic) bond motifs is 1. The fourth-order valence-electron chi connectivity index (χ4n) is 4.75. The van der Waals surface area contributed by atoms with Crippen molar-refractivity contribution in [2.45, 2.75) is 44.9 Å². The number of likely N-dealkylation sites (tertiary alicyclic amines) is 1. The van der Waals surface area contributed by atoms with E-state index in [0.717, 1.165) is 30.4 Å². The number of carbonyl (C=O) groups excluding carboxylic acids is 1. The highest BCUT2D eigenvalue weighted by molar-refractivity contribution is 5.77. The molecule has 0 saturated carbocycles. The first kappa shape index (κ1) is 26.9. The van der Waals surface area contributed by atoms with Crippen LogP contribution < -0.4 is 25.7 Å². The van der Waals surface area contributed by atoms with Gasteiger partial charge in [0.2, 0.25) is 6.10 Å². The van der Waals surface area contributed by atoms with Crippen molar-refractivity contribution in [1.29, 1.82) is 10.8 Å². The van der Waals surface area contributed by atoms with Gasteiger partial charge in [0.1, 0.15) is 11.9 Å². The molecule has 0 aromatic heterocycles. The van der Waals surface area contributed by atoms with Gasteiger partial charge in [0.05, 0.1) is 13.7 Å². The van der Waals surface area contributed by atoms with Crippen molar-refractivity contribution >= 4 is 17.9 Å². The number of hydrogen-bond acceptors (Lipinski definition) is 7. The lowest BCUT2D eigenvalue weighted by Crippen LogP contribution is -2.44. The SMILES string of the molecule is CCOC(=O)C(Oc1cc2c(cc1OC)CCN(C(=N)N)C2)c1ccc(OC2CCN(C(=N)N)CC2)cc1. The number of benzene rings is 2. The molecule has 0 bridgehead atoms. The number of ether oxygens (including phenoxy) is 4. The first-order chi connectivity index (χ1) is 18.3. The molecule has 0 amide bonds. The van der Waals surface area contributed by atoms with Crippen molar-refractivity contribution in [2.24, 2.45) is 11.5 Å². The molecule has 38 heavy (non-hydrogen) atoms. The van der Waals surface area contributed by atoms with Crippen LogP contribution in [0.1, 0.15) is 42.6 Å². The molecule has 204 valence electrons. The Morgan fingerprint density at radius 3 is 2.26 bits per heavy atom. The van der Waals surface area contributed by atoms with E-state index in [1.165, 1.54) is 0 Å². The Morgan fingerprint density at radius 1 is 1.00 bits per heavy atom. The van der Waals surface area contributed by atoms with Crippen molar-refractivity contribution < 1.29 is 23.7 Å². The van der Waals surface area contributed by atoms with E-state index in [-0.39, 0.29) is 24.6 Å². The molecule has 1 atom stereocenters. The summed E-state index contributed by atoms with van der Waals surface area (Å²) in [6, 6.07) is 11.0. The summed E-state index contributed by atoms with van der Waals surface area (Å²) in [6.45, 7) is 4.47. The Kier molecular flexibility index (Phi) is 8.45. The number of methoxy groups -OCH3 is 1. The minimum absolute atomic E-state index is 0.0186. The summed E-state index contributed by atoms with van der Waals surface area (Å²) < 4.78 is 23.3.